The number of amides is 1. The number of carbonyl (C=O) groups is 1. The molecule has 1 saturated heterocycles. The highest BCUT2D eigenvalue weighted by atomic mass is 16.7. The Labute approximate surface area is 173 Å². The van der Waals surface area contributed by atoms with E-state index in [0.29, 0.717) is 18.6 Å². The van der Waals surface area contributed by atoms with E-state index in [9.17, 15) is 4.79 Å². The Morgan fingerprint density at radius 1 is 1.17 bits per heavy atom. The van der Waals surface area contributed by atoms with Gasteiger partial charge in [0.05, 0.1) is 12.6 Å². The van der Waals surface area contributed by atoms with Gasteiger partial charge in [-0.1, -0.05) is 20.3 Å². The number of nitrogens with one attached hydrogen (secondary N) is 1. The topological polar surface area (TPSA) is 60.0 Å². The summed E-state index contributed by atoms with van der Waals surface area (Å²) in [7, 11) is 0. The van der Waals surface area contributed by atoms with E-state index >= 15 is 0 Å². The maximum absolute atomic E-state index is 12.5. The lowest BCUT2D eigenvalue weighted by molar-refractivity contribution is -0.118. The van der Waals surface area contributed by atoms with Crippen LogP contribution >= 0.6 is 0 Å². The summed E-state index contributed by atoms with van der Waals surface area (Å²) in [5.41, 5.74) is 0.764. The molecular formula is C23H34N2O4. The molecule has 6 heteroatoms. The van der Waals surface area contributed by atoms with Crippen molar-refractivity contribution in [2.75, 3.05) is 31.6 Å². The van der Waals surface area contributed by atoms with Crippen molar-refractivity contribution >= 4 is 11.6 Å². The first-order valence-electron chi connectivity index (χ1n) is 11.2. The van der Waals surface area contributed by atoms with Gasteiger partial charge >= 0.3 is 0 Å². The molecule has 1 aromatic carbocycles. The van der Waals surface area contributed by atoms with Crippen molar-refractivity contribution in [3.8, 4) is 11.5 Å². The Kier molecular flexibility index (Phi) is 6.30. The molecule has 1 N–H and O–H groups in total. The Balaban J connectivity index is 1.25. The second kappa shape index (κ2) is 8.92. The number of fused-ring (bicyclic) bond motifs is 1. The van der Waals surface area contributed by atoms with Crippen LogP contribution in [0.3, 0.4) is 0 Å². The molecule has 1 saturated carbocycles. The van der Waals surface area contributed by atoms with Crippen LogP contribution in [-0.4, -0.2) is 48.9 Å². The van der Waals surface area contributed by atoms with E-state index in [1.54, 1.807) is 0 Å². The van der Waals surface area contributed by atoms with Gasteiger partial charge in [-0.3, -0.25) is 9.69 Å². The van der Waals surface area contributed by atoms with Gasteiger partial charge in [-0.2, -0.15) is 0 Å². The summed E-state index contributed by atoms with van der Waals surface area (Å²) in [6.07, 6.45) is 7.69. The Hall–Kier alpha value is -1.79. The molecule has 0 radical (unpaired) electrons. The van der Waals surface area contributed by atoms with Crippen LogP contribution in [0.25, 0.3) is 0 Å². The predicted octanol–water partition coefficient (Wildman–Crippen LogP) is 4.19. The van der Waals surface area contributed by atoms with Gasteiger partial charge in [0.1, 0.15) is 0 Å². The van der Waals surface area contributed by atoms with Gasteiger partial charge in [-0.15, -0.1) is 0 Å². The lowest BCUT2D eigenvalue weighted by atomic mass is 9.94. The van der Waals surface area contributed by atoms with Crippen molar-refractivity contribution < 1.29 is 19.0 Å². The Morgan fingerprint density at radius 2 is 1.90 bits per heavy atom. The molecule has 0 aromatic heterocycles. The summed E-state index contributed by atoms with van der Waals surface area (Å²) in [6.45, 7) is 7.38. The number of ether oxygens (including phenoxy) is 3. The molecule has 0 atom stereocenters. The molecule has 29 heavy (non-hydrogen) atoms. The molecule has 160 valence electrons. The van der Waals surface area contributed by atoms with Crippen molar-refractivity contribution in [1.82, 2.24) is 4.90 Å². The second-order valence-electron chi connectivity index (χ2n) is 9.09. The van der Waals surface area contributed by atoms with E-state index in [-0.39, 0.29) is 5.91 Å². The first kappa shape index (κ1) is 20.5. The lowest BCUT2D eigenvalue weighted by Gasteiger charge is -2.31. The van der Waals surface area contributed by atoms with Gasteiger partial charge < -0.3 is 19.5 Å². The molecule has 1 amide bonds. The quantitative estimate of drug-likeness (QED) is 0.773. The van der Waals surface area contributed by atoms with Gasteiger partial charge in [-0.05, 0) is 43.7 Å². The van der Waals surface area contributed by atoms with Gasteiger partial charge in [0.25, 0.3) is 5.79 Å². The molecule has 4 rings (SSSR count). The molecule has 2 aliphatic heterocycles. The van der Waals surface area contributed by atoms with Crippen LogP contribution in [0.1, 0.15) is 58.8 Å². The lowest BCUT2D eigenvalue weighted by Crippen LogP contribution is -2.41. The maximum atomic E-state index is 12.5. The summed E-state index contributed by atoms with van der Waals surface area (Å²) >= 11 is 0. The zero-order valence-electron chi connectivity index (χ0n) is 17.7. The fourth-order valence-corrected chi connectivity index (χ4v) is 4.43. The average molecular weight is 403 g/mol. The summed E-state index contributed by atoms with van der Waals surface area (Å²) in [5.74, 6) is 1.62. The molecule has 0 bridgehead atoms. The highest BCUT2D eigenvalue weighted by Gasteiger charge is 2.42. The number of anilines is 1. The first-order valence-corrected chi connectivity index (χ1v) is 11.2. The van der Waals surface area contributed by atoms with Crippen LogP contribution in [0.2, 0.25) is 0 Å². The van der Waals surface area contributed by atoms with E-state index < -0.39 is 5.79 Å². The van der Waals surface area contributed by atoms with Gasteiger partial charge in [0.2, 0.25) is 5.91 Å². The first-order chi connectivity index (χ1) is 14.0. The average Bonchev–Trinajstić information content (AvgIpc) is 3.04. The fraction of sp³-hybridized carbons (Fsp3) is 0.696. The van der Waals surface area contributed by atoms with Crippen molar-refractivity contribution in [3.05, 3.63) is 18.2 Å². The smallest absolute Gasteiger partial charge is 0.251 e. The zero-order valence-corrected chi connectivity index (χ0v) is 17.7. The third-order valence-corrected chi connectivity index (χ3v) is 6.00. The number of hydrogen-bond acceptors (Lipinski definition) is 5. The van der Waals surface area contributed by atoms with Crippen LogP contribution in [-0.2, 0) is 9.53 Å². The molecule has 0 unspecified atom stereocenters. The number of piperidine rings is 1. The highest BCUT2D eigenvalue weighted by molar-refractivity contribution is 5.92. The highest BCUT2D eigenvalue weighted by Crippen LogP contribution is 2.46. The standard InChI is InChI=1S/C23H34N2O4/c1-17(2)16-27-19-8-12-25(13-9-19)15-22(26)24-18-6-7-20-21(14-18)29-23(28-20)10-4-3-5-11-23/h6-7,14,17,19H,3-5,8-13,15-16H2,1-2H3,(H,24,26). The van der Waals surface area contributed by atoms with Crippen molar-refractivity contribution in [1.29, 1.82) is 0 Å². The van der Waals surface area contributed by atoms with E-state index in [2.05, 4.69) is 24.1 Å². The molecule has 1 aliphatic carbocycles. The van der Waals surface area contributed by atoms with Crippen LogP contribution in [0.5, 0.6) is 11.5 Å². The normalized spacial score (nSPS) is 21.6. The third kappa shape index (κ3) is 5.23. The van der Waals surface area contributed by atoms with E-state index in [1.165, 1.54) is 6.42 Å². The van der Waals surface area contributed by atoms with Crippen LogP contribution in [0.4, 0.5) is 5.69 Å². The summed E-state index contributed by atoms with van der Waals surface area (Å²) < 4.78 is 18.2. The largest absolute Gasteiger partial charge is 0.448 e. The zero-order chi connectivity index (χ0) is 20.3. The van der Waals surface area contributed by atoms with Gasteiger partial charge in [0.15, 0.2) is 11.5 Å². The molecule has 2 heterocycles. The summed E-state index contributed by atoms with van der Waals surface area (Å²) in [5, 5.41) is 3.01. The Morgan fingerprint density at radius 3 is 2.62 bits per heavy atom. The SMILES string of the molecule is CC(C)COC1CCN(CC(=O)Nc2ccc3c(c2)OC2(CCCCC2)O3)CC1. The summed E-state index contributed by atoms with van der Waals surface area (Å²) in [4.78, 5) is 14.7. The monoisotopic (exact) mass is 402 g/mol. The minimum Gasteiger partial charge on any atom is -0.448 e. The molecule has 1 spiro atoms. The van der Waals surface area contributed by atoms with Crippen LogP contribution in [0, 0.1) is 5.92 Å². The number of nitrogens with zero attached hydrogens (tertiary/aromatic N) is 1. The number of hydrogen-bond donors (Lipinski definition) is 1. The Bertz CT molecular complexity index is 707. The molecule has 3 aliphatic rings. The van der Waals surface area contributed by atoms with E-state index in [0.717, 1.165) is 75.4 Å². The third-order valence-electron chi connectivity index (χ3n) is 6.00. The van der Waals surface area contributed by atoms with Crippen molar-refractivity contribution in [3.63, 3.8) is 0 Å². The summed E-state index contributed by atoms with van der Waals surface area (Å²) in [6, 6.07) is 5.70. The molecule has 6 nitrogen and oxygen atoms in total. The van der Waals surface area contributed by atoms with Gasteiger partial charge in [-0.25, -0.2) is 0 Å². The van der Waals surface area contributed by atoms with Crippen LogP contribution in [0.15, 0.2) is 18.2 Å². The number of likely N-dealkylation sites (tertiary alicyclic amines) is 1. The van der Waals surface area contributed by atoms with E-state index in [4.69, 9.17) is 14.2 Å². The second-order valence-corrected chi connectivity index (χ2v) is 9.09. The number of benzene rings is 1. The van der Waals surface area contributed by atoms with Gasteiger partial charge in [0, 0.05) is 44.3 Å². The molecular weight excluding hydrogens is 368 g/mol. The maximum Gasteiger partial charge on any atom is 0.251 e. The van der Waals surface area contributed by atoms with E-state index in [1.807, 2.05) is 18.2 Å². The predicted molar refractivity (Wildman–Crippen MR) is 112 cm³/mol. The minimum absolute atomic E-state index is 0.0118. The number of rotatable bonds is 6. The van der Waals surface area contributed by atoms with Crippen LogP contribution < -0.4 is 14.8 Å². The molecule has 1 aromatic rings. The van der Waals surface area contributed by atoms with Crippen molar-refractivity contribution in [2.45, 2.75) is 70.7 Å². The minimum atomic E-state index is -0.481. The van der Waals surface area contributed by atoms with Crippen molar-refractivity contribution in [2.24, 2.45) is 5.92 Å². The number of carbonyl (C=O) groups excluding carboxylic acids is 1. The molecule has 2 fully saturated rings. The fourth-order valence-electron chi connectivity index (χ4n) is 4.43.